The van der Waals surface area contributed by atoms with Gasteiger partial charge in [-0.2, -0.15) is 0 Å². The normalized spacial score (nSPS) is 10.8. The van der Waals surface area contributed by atoms with E-state index in [1.807, 2.05) is 6.07 Å². The molecule has 0 aliphatic heterocycles. The van der Waals surface area contributed by atoms with Gasteiger partial charge in [0.15, 0.2) is 0 Å². The van der Waals surface area contributed by atoms with Crippen LogP contribution in [0.15, 0.2) is 12.1 Å². The fourth-order valence-corrected chi connectivity index (χ4v) is 1.63. The van der Waals surface area contributed by atoms with Gasteiger partial charge in [-0.3, -0.25) is 0 Å². The maximum atomic E-state index is 11.2. The lowest BCUT2D eigenvalue weighted by atomic mass is 10.1. The minimum Gasteiger partial charge on any atom is -0.464 e. The molecule has 2 N–H and O–H groups in total. The number of ether oxygens (including phenoxy) is 1. The lowest BCUT2D eigenvalue weighted by Crippen LogP contribution is -2.15. The standard InChI is InChI=1S/C13H22N2O2/c1-10(2)5-4-8-14-9-11-6-7-12(15-11)13(16)17-3/h6-7,10,14-15H,4-5,8-9H2,1-3H3. The van der Waals surface area contributed by atoms with E-state index < -0.39 is 0 Å². The van der Waals surface area contributed by atoms with Gasteiger partial charge in [0, 0.05) is 12.2 Å². The number of hydrogen-bond acceptors (Lipinski definition) is 3. The van der Waals surface area contributed by atoms with Crippen LogP contribution in [0.4, 0.5) is 0 Å². The second-order valence-electron chi connectivity index (χ2n) is 4.60. The van der Waals surface area contributed by atoms with Crippen molar-refractivity contribution in [1.29, 1.82) is 0 Å². The summed E-state index contributed by atoms with van der Waals surface area (Å²) < 4.78 is 4.63. The highest BCUT2D eigenvalue weighted by atomic mass is 16.5. The Balaban J connectivity index is 2.23. The average molecular weight is 238 g/mol. The van der Waals surface area contributed by atoms with Crippen molar-refractivity contribution in [3.05, 3.63) is 23.5 Å². The van der Waals surface area contributed by atoms with Gasteiger partial charge < -0.3 is 15.0 Å². The first-order chi connectivity index (χ1) is 8.13. The van der Waals surface area contributed by atoms with Gasteiger partial charge in [0.2, 0.25) is 0 Å². The van der Waals surface area contributed by atoms with Gasteiger partial charge in [-0.25, -0.2) is 4.79 Å². The fourth-order valence-electron chi connectivity index (χ4n) is 1.63. The van der Waals surface area contributed by atoms with Crippen LogP contribution in [-0.4, -0.2) is 24.6 Å². The Kier molecular flexibility index (Phi) is 5.77. The van der Waals surface area contributed by atoms with Gasteiger partial charge in [-0.15, -0.1) is 0 Å². The monoisotopic (exact) mass is 238 g/mol. The summed E-state index contributed by atoms with van der Waals surface area (Å²) in [6.07, 6.45) is 2.42. The molecular formula is C13H22N2O2. The SMILES string of the molecule is COC(=O)c1ccc(CNCCCC(C)C)[nH]1. The van der Waals surface area contributed by atoms with Crippen molar-refractivity contribution in [3.63, 3.8) is 0 Å². The second kappa shape index (κ2) is 7.12. The third-order valence-corrected chi connectivity index (χ3v) is 2.60. The number of methoxy groups -OCH3 is 1. The molecule has 0 spiro atoms. The van der Waals surface area contributed by atoms with Crippen LogP contribution in [0.1, 0.15) is 42.9 Å². The molecule has 4 nitrogen and oxygen atoms in total. The van der Waals surface area contributed by atoms with E-state index >= 15 is 0 Å². The molecule has 0 radical (unpaired) electrons. The maximum Gasteiger partial charge on any atom is 0.354 e. The molecule has 0 aromatic carbocycles. The number of hydrogen-bond donors (Lipinski definition) is 2. The van der Waals surface area contributed by atoms with Crippen LogP contribution in [0.3, 0.4) is 0 Å². The van der Waals surface area contributed by atoms with E-state index in [-0.39, 0.29) is 5.97 Å². The Labute approximate surface area is 103 Å². The first kappa shape index (κ1) is 13.8. The number of aromatic amines is 1. The zero-order valence-corrected chi connectivity index (χ0v) is 10.9. The number of H-pyrrole nitrogens is 1. The number of carbonyl (C=O) groups is 1. The van der Waals surface area contributed by atoms with Crippen LogP contribution >= 0.6 is 0 Å². The Hall–Kier alpha value is -1.29. The quantitative estimate of drug-likeness (QED) is 0.566. The molecule has 0 fully saturated rings. The summed E-state index contributed by atoms with van der Waals surface area (Å²) in [5, 5.41) is 3.34. The summed E-state index contributed by atoms with van der Waals surface area (Å²) in [4.78, 5) is 14.2. The number of rotatable bonds is 7. The van der Waals surface area contributed by atoms with Gasteiger partial charge in [0.05, 0.1) is 7.11 Å². The van der Waals surface area contributed by atoms with Gasteiger partial charge in [0.25, 0.3) is 0 Å². The highest BCUT2D eigenvalue weighted by Crippen LogP contribution is 2.04. The first-order valence-corrected chi connectivity index (χ1v) is 6.10. The maximum absolute atomic E-state index is 11.2. The van der Waals surface area contributed by atoms with Crippen molar-refractivity contribution in [3.8, 4) is 0 Å². The minimum atomic E-state index is -0.323. The topological polar surface area (TPSA) is 54.1 Å². The third-order valence-electron chi connectivity index (χ3n) is 2.60. The van der Waals surface area contributed by atoms with E-state index in [1.165, 1.54) is 20.0 Å². The molecule has 96 valence electrons. The van der Waals surface area contributed by atoms with Crippen molar-refractivity contribution in [2.75, 3.05) is 13.7 Å². The third kappa shape index (κ3) is 5.04. The summed E-state index contributed by atoms with van der Waals surface area (Å²) in [5.74, 6) is 0.435. The van der Waals surface area contributed by atoms with Crippen LogP contribution in [0, 0.1) is 5.92 Å². The molecule has 0 aliphatic rings. The molecule has 0 amide bonds. The summed E-state index contributed by atoms with van der Waals surface area (Å²) in [5.41, 5.74) is 1.52. The number of esters is 1. The van der Waals surface area contributed by atoms with Crippen molar-refractivity contribution in [2.24, 2.45) is 5.92 Å². The highest BCUT2D eigenvalue weighted by molar-refractivity contribution is 5.87. The van der Waals surface area contributed by atoms with Gasteiger partial charge in [-0.05, 0) is 37.4 Å². The Bertz CT molecular complexity index is 345. The van der Waals surface area contributed by atoms with E-state index in [1.54, 1.807) is 6.07 Å². The van der Waals surface area contributed by atoms with E-state index in [0.717, 1.165) is 24.7 Å². The molecule has 4 heteroatoms. The minimum absolute atomic E-state index is 0.323. The molecule has 0 atom stereocenters. The van der Waals surface area contributed by atoms with Gasteiger partial charge >= 0.3 is 5.97 Å². The smallest absolute Gasteiger partial charge is 0.354 e. The van der Waals surface area contributed by atoms with Crippen LogP contribution < -0.4 is 5.32 Å². The number of aromatic nitrogens is 1. The van der Waals surface area contributed by atoms with E-state index in [9.17, 15) is 4.79 Å². The molecule has 1 aromatic rings. The summed E-state index contributed by atoms with van der Waals surface area (Å²) in [7, 11) is 1.38. The molecule has 0 bridgehead atoms. The van der Waals surface area contributed by atoms with Crippen molar-refractivity contribution >= 4 is 5.97 Å². The first-order valence-electron chi connectivity index (χ1n) is 6.10. The molecule has 0 saturated heterocycles. The number of nitrogens with one attached hydrogen (secondary N) is 2. The molecule has 0 unspecified atom stereocenters. The summed E-state index contributed by atoms with van der Waals surface area (Å²) in [6.45, 7) is 6.22. The van der Waals surface area contributed by atoms with Crippen LogP contribution in [0.25, 0.3) is 0 Å². The zero-order chi connectivity index (χ0) is 12.7. The van der Waals surface area contributed by atoms with E-state index in [4.69, 9.17) is 0 Å². The predicted molar refractivity (Wildman–Crippen MR) is 67.9 cm³/mol. The Morgan fingerprint density at radius 3 is 2.88 bits per heavy atom. The predicted octanol–water partition coefficient (Wildman–Crippen LogP) is 2.33. The summed E-state index contributed by atoms with van der Waals surface area (Å²) >= 11 is 0. The van der Waals surface area contributed by atoms with E-state index in [0.29, 0.717) is 5.69 Å². The lowest BCUT2D eigenvalue weighted by Gasteiger charge is -2.05. The van der Waals surface area contributed by atoms with Gasteiger partial charge in [-0.1, -0.05) is 13.8 Å². The molecule has 0 aliphatic carbocycles. The van der Waals surface area contributed by atoms with Crippen LogP contribution in [0.2, 0.25) is 0 Å². The molecular weight excluding hydrogens is 216 g/mol. The van der Waals surface area contributed by atoms with Crippen LogP contribution in [0.5, 0.6) is 0 Å². The lowest BCUT2D eigenvalue weighted by molar-refractivity contribution is 0.0594. The highest BCUT2D eigenvalue weighted by Gasteiger charge is 2.07. The van der Waals surface area contributed by atoms with Crippen molar-refractivity contribution in [1.82, 2.24) is 10.3 Å². The molecule has 17 heavy (non-hydrogen) atoms. The molecule has 1 rings (SSSR count). The number of carbonyl (C=O) groups excluding carboxylic acids is 1. The molecule has 1 heterocycles. The fraction of sp³-hybridized carbons (Fsp3) is 0.615. The van der Waals surface area contributed by atoms with Crippen LogP contribution in [-0.2, 0) is 11.3 Å². The second-order valence-corrected chi connectivity index (χ2v) is 4.60. The Morgan fingerprint density at radius 1 is 1.47 bits per heavy atom. The van der Waals surface area contributed by atoms with E-state index in [2.05, 4.69) is 28.9 Å². The average Bonchev–Trinajstić information content (AvgIpc) is 2.76. The summed E-state index contributed by atoms with van der Waals surface area (Å²) in [6, 6.07) is 3.65. The molecule has 0 saturated carbocycles. The van der Waals surface area contributed by atoms with Crippen molar-refractivity contribution < 1.29 is 9.53 Å². The zero-order valence-electron chi connectivity index (χ0n) is 10.9. The largest absolute Gasteiger partial charge is 0.464 e. The van der Waals surface area contributed by atoms with Crippen molar-refractivity contribution in [2.45, 2.75) is 33.2 Å². The molecule has 1 aromatic heterocycles. The van der Waals surface area contributed by atoms with Gasteiger partial charge in [0.1, 0.15) is 5.69 Å². The Morgan fingerprint density at radius 2 is 2.24 bits per heavy atom.